The summed E-state index contributed by atoms with van der Waals surface area (Å²) in [5.41, 5.74) is -2.38. The molecule has 3 N–H and O–H groups in total. The molecule has 0 rings (SSSR count). The van der Waals surface area contributed by atoms with Gasteiger partial charge in [0, 0.05) is 0 Å². The van der Waals surface area contributed by atoms with Crippen LogP contribution in [0.25, 0.3) is 0 Å². The number of hydrogen-bond donors (Lipinski definition) is 2. The molecule has 0 aromatic heterocycles. The van der Waals surface area contributed by atoms with Gasteiger partial charge in [-0.05, 0) is 6.42 Å². The largest absolute Gasteiger partial charge is 1.00 e. The summed E-state index contributed by atoms with van der Waals surface area (Å²) in [7, 11) is 1.08. The van der Waals surface area contributed by atoms with Crippen LogP contribution in [0.2, 0.25) is 0 Å². The number of hydrogen-bond acceptors (Lipinski definition) is 8. The molecule has 0 aromatic carbocycles. The van der Waals surface area contributed by atoms with E-state index in [9.17, 15) is 19.5 Å². The Kier molecular flexibility index (Phi) is 11.0. The van der Waals surface area contributed by atoms with Crippen molar-refractivity contribution in [1.82, 2.24) is 0 Å². The smallest absolute Gasteiger partial charge is 1.00 e. The molecular weight excluding hydrogens is 269 g/mol. The van der Waals surface area contributed by atoms with E-state index in [1.165, 1.54) is 0 Å². The molecule has 0 spiro atoms. The van der Waals surface area contributed by atoms with Crippen molar-refractivity contribution >= 4 is 17.9 Å². The Balaban J connectivity index is -0.00000144. The maximum absolute atomic E-state index is 11.3. The first-order valence-electron chi connectivity index (χ1n) is 5.25. The summed E-state index contributed by atoms with van der Waals surface area (Å²) in [6, 6.07) is 0. The molecule has 106 valence electrons. The molecule has 0 aliphatic carbocycles. The summed E-state index contributed by atoms with van der Waals surface area (Å²) < 4.78 is 9.00. The average Bonchev–Trinajstić information content (AvgIpc) is 2.34. The normalized spacial score (nSPS) is 12.6. The first kappa shape index (κ1) is 20.6. The Bertz CT molecular complexity index is 329. The molecule has 0 fully saturated rings. The summed E-state index contributed by atoms with van der Waals surface area (Å²) in [5.74, 6) is 1.61. The second kappa shape index (κ2) is 10.2. The SMILES string of the molecule is CCCOC(=O)CC(O)(CC(=O)OC)C(=O)ON.[H-].[Na+]. The monoisotopic (exact) mass is 287 g/mol. The van der Waals surface area contributed by atoms with E-state index < -0.39 is 36.4 Å². The first-order chi connectivity index (χ1) is 8.39. The Morgan fingerprint density at radius 3 is 2.21 bits per heavy atom. The zero-order valence-electron chi connectivity index (χ0n) is 12.3. The molecule has 0 aliphatic rings. The van der Waals surface area contributed by atoms with Crippen molar-refractivity contribution in [2.45, 2.75) is 31.8 Å². The van der Waals surface area contributed by atoms with E-state index in [2.05, 4.69) is 15.5 Å². The van der Waals surface area contributed by atoms with Crippen LogP contribution in [0.15, 0.2) is 0 Å². The average molecular weight is 287 g/mol. The number of carbonyl (C=O) groups excluding carboxylic acids is 3. The minimum Gasteiger partial charge on any atom is -1.00 e. The van der Waals surface area contributed by atoms with Crippen LogP contribution >= 0.6 is 0 Å². The molecular formula is C10H18NNaO7. The molecule has 9 heteroatoms. The van der Waals surface area contributed by atoms with Gasteiger partial charge in [-0.1, -0.05) is 6.92 Å². The van der Waals surface area contributed by atoms with Crippen molar-refractivity contribution in [3.8, 4) is 0 Å². The predicted molar refractivity (Wildman–Crippen MR) is 58.8 cm³/mol. The van der Waals surface area contributed by atoms with Crippen LogP contribution in [-0.4, -0.2) is 42.3 Å². The molecule has 0 aliphatic heterocycles. The van der Waals surface area contributed by atoms with E-state index in [0.717, 1.165) is 7.11 Å². The van der Waals surface area contributed by atoms with E-state index in [-0.39, 0.29) is 37.6 Å². The molecule has 0 radical (unpaired) electrons. The molecule has 1 atom stereocenters. The van der Waals surface area contributed by atoms with Crippen LogP contribution in [0, 0.1) is 0 Å². The fourth-order valence-corrected chi connectivity index (χ4v) is 1.13. The second-order valence-electron chi connectivity index (χ2n) is 3.59. The fourth-order valence-electron chi connectivity index (χ4n) is 1.13. The minimum absolute atomic E-state index is 0. The maximum atomic E-state index is 11.3. The molecule has 0 saturated heterocycles. The maximum Gasteiger partial charge on any atom is 1.00 e. The Labute approximate surface area is 134 Å². The zero-order chi connectivity index (χ0) is 14.2. The van der Waals surface area contributed by atoms with Crippen LogP contribution in [0.4, 0.5) is 0 Å². The molecule has 0 saturated carbocycles. The Hall–Kier alpha value is -0.670. The van der Waals surface area contributed by atoms with Gasteiger partial charge in [0.25, 0.3) is 0 Å². The van der Waals surface area contributed by atoms with E-state index in [1.807, 2.05) is 0 Å². The van der Waals surface area contributed by atoms with Gasteiger partial charge in [-0.15, -0.1) is 0 Å². The number of rotatable bonds is 7. The van der Waals surface area contributed by atoms with Gasteiger partial charge in [0.05, 0.1) is 26.6 Å². The van der Waals surface area contributed by atoms with Crippen molar-refractivity contribution in [2.24, 2.45) is 5.90 Å². The second-order valence-corrected chi connectivity index (χ2v) is 3.59. The van der Waals surface area contributed by atoms with Gasteiger partial charge < -0.3 is 20.8 Å². The quantitative estimate of drug-likeness (QED) is 0.277. The van der Waals surface area contributed by atoms with Crippen LogP contribution < -0.4 is 35.5 Å². The predicted octanol–water partition coefficient (Wildman–Crippen LogP) is -3.84. The molecule has 0 aromatic rings. The van der Waals surface area contributed by atoms with Crippen molar-refractivity contribution in [3.63, 3.8) is 0 Å². The Morgan fingerprint density at radius 2 is 1.79 bits per heavy atom. The molecule has 0 bridgehead atoms. The standard InChI is InChI=1S/C10H17NO7.Na.H/c1-3-4-17-8(13)6-10(15,9(14)18-11)5-7(12)16-2;;/h15H,3-6,11H2,1-2H3;;/q;+1;-1. The molecule has 0 heterocycles. The van der Waals surface area contributed by atoms with Crippen LogP contribution in [0.3, 0.4) is 0 Å². The number of ether oxygens (including phenoxy) is 2. The Morgan fingerprint density at radius 1 is 1.26 bits per heavy atom. The summed E-state index contributed by atoms with van der Waals surface area (Å²) in [4.78, 5) is 37.5. The van der Waals surface area contributed by atoms with E-state index in [1.54, 1.807) is 6.92 Å². The van der Waals surface area contributed by atoms with Crippen LogP contribution in [-0.2, 0) is 28.7 Å². The van der Waals surface area contributed by atoms with Crippen molar-refractivity contribution < 1.29 is 64.8 Å². The molecule has 0 amide bonds. The van der Waals surface area contributed by atoms with Gasteiger partial charge >= 0.3 is 47.5 Å². The van der Waals surface area contributed by atoms with Gasteiger partial charge in [0.1, 0.15) is 0 Å². The third-order valence-electron chi connectivity index (χ3n) is 2.06. The first-order valence-corrected chi connectivity index (χ1v) is 5.25. The zero-order valence-corrected chi connectivity index (χ0v) is 13.3. The summed E-state index contributed by atoms with van der Waals surface area (Å²) in [5, 5.41) is 9.89. The fraction of sp³-hybridized carbons (Fsp3) is 0.700. The number of aliphatic hydroxyl groups is 1. The number of methoxy groups -OCH3 is 1. The number of esters is 2. The molecule has 8 nitrogen and oxygen atoms in total. The number of carbonyl (C=O) groups is 3. The number of nitrogens with two attached hydrogens (primary N) is 1. The van der Waals surface area contributed by atoms with Gasteiger partial charge in [-0.3, -0.25) is 9.59 Å². The van der Waals surface area contributed by atoms with E-state index >= 15 is 0 Å². The van der Waals surface area contributed by atoms with Crippen molar-refractivity contribution in [3.05, 3.63) is 0 Å². The third kappa shape index (κ3) is 7.48. The van der Waals surface area contributed by atoms with Crippen LogP contribution in [0.1, 0.15) is 27.6 Å². The van der Waals surface area contributed by atoms with Gasteiger partial charge in [0.2, 0.25) is 0 Å². The summed E-state index contributed by atoms with van der Waals surface area (Å²) >= 11 is 0. The molecule has 19 heavy (non-hydrogen) atoms. The van der Waals surface area contributed by atoms with E-state index in [4.69, 9.17) is 4.74 Å². The minimum atomic E-state index is -2.38. The van der Waals surface area contributed by atoms with Crippen molar-refractivity contribution in [1.29, 1.82) is 0 Å². The van der Waals surface area contributed by atoms with Gasteiger partial charge in [0.15, 0.2) is 5.60 Å². The van der Waals surface area contributed by atoms with E-state index in [0.29, 0.717) is 6.42 Å². The molecule has 1 unspecified atom stereocenters. The van der Waals surface area contributed by atoms with Crippen LogP contribution in [0.5, 0.6) is 0 Å². The van der Waals surface area contributed by atoms with Gasteiger partial charge in [-0.2, -0.15) is 5.90 Å². The van der Waals surface area contributed by atoms with Crippen molar-refractivity contribution in [2.75, 3.05) is 13.7 Å². The summed E-state index contributed by atoms with van der Waals surface area (Å²) in [6.45, 7) is 1.92. The van der Waals surface area contributed by atoms with Gasteiger partial charge in [-0.25, -0.2) is 4.79 Å². The summed E-state index contributed by atoms with van der Waals surface area (Å²) in [6.07, 6.45) is -0.901. The third-order valence-corrected chi connectivity index (χ3v) is 2.06. The topological polar surface area (TPSA) is 125 Å².